The van der Waals surface area contributed by atoms with Crippen LogP contribution in [0.4, 0.5) is 4.39 Å². The van der Waals surface area contributed by atoms with Crippen molar-refractivity contribution in [1.29, 1.82) is 0 Å². The van der Waals surface area contributed by atoms with Crippen molar-refractivity contribution in [2.45, 2.75) is 18.9 Å². The van der Waals surface area contributed by atoms with Crippen LogP contribution in [0.25, 0.3) is 11.4 Å². The van der Waals surface area contributed by atoms with Crippen LogP contribution in [-0.2, 0) is 0 Å². The molecule has 1 aromatic heterocycles. The number of aromatic nitrogens is 2. The fourth-order valence-corrected chi connectivity index (χ4v) is 3.72. The highest BCUT2D eigenvalue weighted by Gasteiger charge is 2.35. The van der Waals surface area contributed by atoms with Crippen molar-refractivity contribution in [1.82, 2.24) is 15.0 Å². The largest absolute Gasteiger partial charge is 0.493 e. The molecule has 0 radical (unpaired) electrons. The number of nitrogens with zero attached hydrogens (tertiary/aromatic N) is 3. The maximum atomic E-state index is 14.2. The molecular weight excluding hydrogens is 413 g/mol. The third kappa shape index (κ3) is 3.70. The number of carbonyl (C=O) groups is 1. The van der Waals surface area contributed by atoms with Crippen LogP contribution in [0.15, 0.2) is 40.9 Å². The van der Waals surface area contributed by atoms with Gasteiger partial charge in [-0.3, -0.25) is 4.79 Å². The van der Waals surface area contributed by atoms with E-state index in [-0.39, 0.29) is 5.56 Å². The minimum atomic E-state index is -0.619. The first-order valence-corrected chi connectivity index (χ1v) is 9.71. The molecule has 0 N–H and O–H groups in total. The van der Waals surface area contributed by atoms with Crippen molar-refractivity contribution < 1.29 is 23.2 Å². The molecule has 1 aliphatic heterocycles. The molecule has 3 aromatic rings. The van der Waals surface area contributed by atoms with Gasteiger partial charge in [-0.2, -0.15) is 4.98 Å². The lowest BCUT2D eigenvalue weighted by Crippen LogP contribution is -2.31. The molecule has 1 unspecified atom stereocenters. The van der Waals surface area contributed by atoms with Gasteiger partial charge in [-0.15, -0.1) is 0 Å². The number of rotatable bonds is 5. The highest BCUT2D eigenvalue weighted by atomic mass is 35.5. The molecular formula is C21H19ClFN3O4. The van der Waals surface area contributed by atoms with Crippen LogP contribution in [0.5, 0.6) is 11.5 Å². The minimum Gasteiger partial charge on any atom is -0.493 e. The average Bonchev–Trinajstić information content (AvgIpc) is 3.44. The lowest BCUT2D eigenvalue weighted by Gasteiger charge is -2.22. The van der Waals surface area contributed by atoms with Crippen molar-refractivity contribution in [2.24, 2.45) is 0 Å². The zero-order valence-electron chi connectivity index (χ0n) is 16.4. The minimum absolute atomic E-state index is 0.0750. The molecule has 7 nitrogen and oxygen atoms in total. The standard InChI is InChI=1S/C21H19ClFN3O4/c1-28-17-8-5-12(10-18(17)29-2)19-24-20(30-25-19)16-4-3-9-26(16)21(27)14-11-13(22)6-7-15(14)23/h5-8,10-11,16H,3-4,9H2,1-2H3. The molecule has 2 heterocycles. The maximum absolute atomic E-state index is 14.2. The monoisotopic (exact) mass is 431 g/mol. The van der Waals surface area contributed by atoms with Crippen LogP contribution < -0.4 is 9.47 Å². The van der Waals surface area contributed by atoms with E-state index in [0.29, 0.717) is 46.8 Å². The number of benzene rings is 2. The third-order valence-electron chi connectivity index (χ3n) is 5.04. The summed E-state index contributed by atoms with van der Waals surface area (Å²) in [5.41, 5.74) is 0.605. The Morgan fingerprint density at radius 1 is 1.20 bits per heavy atom. The van der Waals surface area contributed by atoms with Crippen LogP contribution in [-0.4, -0.2) is 41.7 Å². The second-order valence-electron chi connectivity index (χ2n) is 6.81. The fraction of sp³-hybridized carbons (Fsp3) is 0.286. The van der Waals surface area contributed by atoms with E-state index in [4.69, 9.17) is 25.6 Å². The Morgan fingerprint density at radius 3 is 2.77 bits per heavy atom. The van der Waals surface area contributed by atoms with Gasteiger partial charge in [-0.25, -0.2) is 4.39 Å². The number of amides is 1. The second kappa shape index (κ2) is 8.31. The van der Waals surface area contributed by atoms with E-state index in [2.05, 4.69) is 10.1 Å². The average molecular weight is 432 g/mol. The van der Waals surface area contributed by atoms with E-state index < -0.39 is 17.8 Å². The van der Waals surface area contributed by atoms with E-state index in [1.54, 1.807) is 37.3 Å². The van der Waals surface area contributed by atoms with E-state index >= 15 is 0 Å². The Kier molecular flexibility index (Phi) is 5.59. The first-order chi connectivity index (χ1) is 14.5. The van der Waals surface area contributed by atoms with E-state index in [0.717, 1.165) is 6.42 Å². The van der Waals surface area contributed by atoms with Crippen molar-refractivity contribution >= 4 is 17.5 Å². The molecule has 2 aromatic carbocycles. The smallest absolute Gasteiger partial charge is 0.257 e. The molecule has 0 bridgehead atoms. The molecule has 9 heteroatoms. The highest BCUT2D eigenvalue weighted by Crippen LogP contribution is 2.35. The summed E-state index contributed by atoms with van der Waals surface area (Å²) in [4.78, 5) is 19.0. The number of hydrogen-bond acceptors (Lipinski definition) is 6. The van der Waals surface area contributed by atoms with Crippen molar-refractivity contribution in [3.8, 4) is 22.9 Å². The number of ether oxygens (including phenoxy) is 2. The van der Waals surface area contributed by atoms with Crippen LogP contribution in [0, 0.1) is 5.82 Å². The zero-order chi connectivity index (χ0) is 21.3. The van der Waals surface area contributed by atoms with Gasteiger partial charge in [0.2, 0.25) is 11.7 Å². The van der Waals surface area contributed by atoms with Crippen LogP contribution in [0.1, 0.15) is 35.1 Å². The van der Waals surface area contributed by atoms with Crippen LogP contribution >= 0.6 is 11.6 Å². The van der Waals surface area contributed by atoms with Gasteiger partial charge >= 0.3 is 0 Å². The molecule has 1 fully saturated rings. The second-order valence-corrected chi connectivity index (χ2v) is 7.24. The van der Waals surface area contributed by atoms with Gasteiger partial charge in [0.05, 0.1) is 19.8 Å². The van der Waals surface area contributed by atoms with Gasteiger partial charge in [0, 0.05) is 17.1 Å². The van der Waals surface area contributed by atoms with E-state index in [1.165, 1.54) is 18.2 Å². The lowest BCUT2D eigenvalue weighted by atomic mass is 10.1. The summed E-state index contributed by atoms with van der Waals surface area (Å²) in [5.74, 6) is 0.707. The molecule has 1 saturated heterocycles. The quantitative estimate of drug-likeness (QED) is 0.591. The molecule has 156 valence electrons. The summed E-state index contributed by atoms with van der Waals surface area (Å²) in [6.07, 6.45) is 1.38. The molecule has 0 spiro atoms. The summed E-state index contributed by atoms with van der Waals surface area (Å²) in [5, 5.41) is 4.34. The van der Waals surface area contributed by atoms with E-state index in [1.807, 2.05) is 0 Å². The topological polar surface area (TPSA) is 77.7 Å². The maximum Gasteiger partial charge on any atom is 0.257 e. The summed E-state index contributed by atoms with van der Waals surface area (Å²) in [7, 11) is 3.10. The summed E-state index contributed by atoms with van der Waals surface area (Å²) >= 11 is 5.94. The Balaban J connectivity index is 1.61. The molecule has 4 rings (SSSR count). The number of carbonyl (C=O) groups excluding carboxylic acids is 1. The van der Waals surface area contributed by atoms with Gasteiger partial charge in [0.1, 0.15) is 11.9 Å². The SMILES string of the molecule is COc1ccc(-c2noc(C3CCCN3C(=O)c3cc(Cl)ccc3F)n2)cc1OC. The number of methoxy groups -OCH3 is 2. The van der Waals surface area contributed by atoms with Gasteiger partial charge in [-0.05, 0) is 49.2 Å². The first kappa shape index (κ1) is 20.2. The zero-order valence-corrected chi connectivity index (χ0v) is 17.1. The Bertz CT molecular complexity index is 1090. The van der Waals surface area contributed by atoms with Gasteiger partial charge in [0.25, 0.3) is 5.91 Å². The molecule has 1 aliphatic rings. The number of hydrogen-bond donors (Lipinski definition) is 0. The molecule has 1 amide bonds. The molecule has 0 aliphatic carbocycles. The van der Waals surface area contributed by atoms with E-state index in [9.17, 15) is 9.18 Å². The van der Waals surface area contributed by atoms with Crippen LogP contribution in [0.3, 0.4) is 0 Å². The Hall–Kier alpha value is -3.13. The molecule has 30 heavy (non-hydrogen) atoms. The number of halogens is 2. The predicted octanol–water partition coefficient (Wildman–Crippen LogP) is 4.52. The third-order valence-corrected chi connectivity index (χ3v) is 5.28. The van der Waals surface area contributed by atoms with Gasteiger partial charge in [0.15, 0.2) is 11.5 Å². The van der Waals surface area contributed by atoms with Crippen molar-refractivity contribution in [3.05, 3.63) is 58.7 Å². The summed E-state index contributed by atoms with van der Waals surface area (Å²) in [6.45, 7) is 0.462. The summed E-state index contributed by atoms with van der Waals surface area (Å²) in [6, 6.07) is 8.76. The van der Waals surface area contributed by atoms with Crippen LogP contribution in [0.2, 0.25) is 5.02 Å². The highest BCUT2D eigenvalue weighted by molar-refractivity contribution is 6.31. The predicted molar refractivity (Wildman–Crippen MR) is 107 cm³/mol. The first-order valence-electron chi connectivity index (χ1n) is 9.34. The van der Waals surface area contributed by atoms with Gasteiger partial charge in [-0.1, -0.05) is 16.8 Å². The fourth-order valence-electron chi connectivity index (χ4n) is 3.55. The lowest BCUT2D eigenvalue weighted by molar-refractivity contribution is 0.0705. The Morgan fingerprint density at radius 2 is 2.00 bits per heavy atom. The Labute approximate surface area is 177 Å². The summed E-state index contributed by atoms with van der Waals surface area (Å²) < 4.78 is 30.2. The molecule has 0 saturated carbocycles. The van der Waals surface area contributed by atoms with Gasteiger partial charge < -0.3 is 18.9 Å². The van der Waals surface area contributed by atoms with Crippen molar-refractivity contribution in [3.63, 3.8) is 0 Å². The number of likely N-dealkylation sites (tertiary alicyclic amines) is 1. The molecule has 1 atom stereocenters. The van der Waals surface area contributed by atoms with Crippen molar-refractivity contribution in [2.75, 3.05) is 20.8 Å². The normalized spacial score (nSPS) is 16.0.